The maximum Gasteiger partial charge on any atom is 0.248 e. The molecule has 0 aliphatic heterocycles. The fourth-order valence-corrected chi connectivity index (χ4v) is 3.87. The van der Waals surface area contributed by atoms with Crippen molar-refractivity contribution in [3.8, 4) is 11.1 Å². The molecule has 0 radical (unpaired) electrons. The molecule has 0 spiro atoms. The minimum atomic E-state index is -6.09. The molecule has 0 aliphatic rings. The van der Waals surface area contributed by atoms with E-state index in [1.807, 2.05) is 12.1 Å². The largest absolute Gasteiger partial charge is 0.355 e. The Morgan fingerprint density at radius 1 is 0.949 bits per heavy atom. The molecule has 0 fully saturated rings. The van der Waals surface area contributed by atoms with Crippen LogP contribution in [0.2, 0.25) is 0 Å². The SMILES string of the molecule is O=[C]=[Os]=[CH]Nc1ccc(-c2ccc(C(O)(C(F)(F)F)C(F)(F)F)cc2F)cc1.[CH2-]c1ccc(C(=O)NC)cc1. The third-order valence-electron chi connectivity index (χ3n) is 5.16. The van der Waals surface area contributed by atoms with Gasteiger partial charge in [-0.2, -0.15) is 51.0 Å². The van der Waals surface area contributed by atoms with Crippen LogP contribution in [-0.4, -0.2) is 39.5 Å². The second kappa shape index (κ2) is 12.9. The van der Waals surface area contributed by atoms with Crippen molar-refractivity contribution in [3.05, 3.63) is 96.2 Å². The van der Waals surface area contributed by atoms with E-state index < -0.39 is 45.8 Å². The van der Waals surface area contributed by atoms with Crippen LogP contribution in [0, 0.1) is 12.7 Å². The van der Waals surface area contributed by atoms with Crippen molar-refractivity contribution in [2.45, 2.75) is 18.0 Å². The Morgan fingerprint density at radius 2 is 1.51 bits per heavy atom. The number of halogens is 7. The van der Waals surface area contributed by atoms with Crippen LogP contribution in [0.4, 0.5) is 36.4 Å². The van der Waals surface area contributed by atoms with Gasteiger partial charge in [0.2, 0.25) is 5.91 Å². The van der Waals surface area contributed by atoms with Crippen LogP contribution in [0.1, 0.15) is 21.5 Å². The van der Waals surface area contributed by atoms with Gasteiger partial charge in [-0.05, 0) is 0 Å². The van der Waals surface area contributed by atoms with Gasteiger partial charge < -0.3 is 5.32 Å². The number of alkyl halides is 6. The average molecular weight is 732 g/mol. The zero-order chi connectivity index (χ0) is 29.4. The molecule has 0 saturated carbocycles. The molecule has 3 rings (SSSR count). The summed E-state index contributed by atoms with van der Waals surface area (Å²) in [5.74, 6) is -1.43. The van der Waals surface area contributed by atoms with Gasteiger partial charge in [0.05, 0.1) is 0 Å². The van der Waals surface area contributed by atoms with E-state index in [0.717, 1.165) is 11.6 Å². The molecule has 13 heteroatoms. The number of rotatable bonds is 5. The Morgan fingerprint density at radius 3 is 1.97 bits per heavy atom. The summed E-state index contributed by atoms with van der Waals surface area (Å²) >= 11 is -1.14. The van der Waals surface area contributed by atoms with Crippen molar-refractivity contribution >= 4 is 20.7 Å². The van der Waals surface area contributed by atoms with Gasteiger partial charge in [-0.3, -0.25) is 4.79 Å². The monoisotopic (exact) mass is 733 g/mol. The number of anilines is 1. The summed E-state index contributed by atoms with van der Waals surface area (Å²) in [6.45, 7) is 3.72. The zero-order valence-electron chi connectivity index (χ0n) is 19.9. The van der Waals surface area contributed by atoms with Crippen LogP contribution in [0.15, 0.2) is 66.7 Å². The maximum atomic E-state index is 14.3. The minimum Gasteiger partial charge on any atom is -0.355 e. The molecule has 0 aliphatic carbocycles. The predicted octanol–water partition coefficient (Wildman–Crippen LogP) is 5.35. The van der Waals surface area contributed by atoms with Crippen molar-refractivity contribution < 1.29 is 61.9 Å². The topological polar surface area (TPSA) is 78.4 Å². The van der Waals surface area contributed by atoms with Gasteiger partial charge in [0.15, 0.2) is 0 Å². The van der Waals surface area contributed by atoms with E-state index in [1.165, 1.54) is 29.0 Å². The standard InChI is InChI=1S/C16H10F7NO.C9H10NO.CO.Os/c1-24-11-5-2-9(3-6-11)12-7-4-10(8-13(12)17)14(25,15(18,19)20)16(21,22)23;1-7-3-5-8(6-4-7)9(11)10-2;1-2;/h1-8,24-25H;3-6H,1H2,2H3,(H,10,11);;/q;-1;;. The predicted molar refractivity (Wildman–Crippen MR) is 128 cm³/mol. The van der Waals surface area contributed by atoms with Crippen LogP contribution in [0.25, 0.3) is 11.1 Å². The van der Waals surface area contributed by atoms with E-state index in [0.29, 0.717) is 17.3 Å². The molecule has 5 nitrogen and oxygen atoms in total. The summed E-state index contributed by atoms with van der Waals surface area (Å²) < 4.78 is 94.9. The molecule has 0 heterocycles. The van der Waals surface area contributed by atoms with Gasteiger partial charge in [-0.1, -0.05) is 0 Å². The summed E-state index contributed by atoms with van der Waals surface area (Å²) in [5.41, 5.74) is -4.79. The molecular formula is C26H20F7N2O3Os-. The van der Waals surface area contributed by atoms with Gasteiger partial charge in [-0.15, -0.1) is 12.1 Å². The first-order valence-corrected chi connectivity index (χ1v) is 13.3. The van der Waals surface area contributed by atoms with Gasteiger partial charge in [0.25, 0.3) is 0 Å². The summed E-state index contributed by atoms with van der Waals surface area (Å²) in [6.07, 6.45) is -12.2. The number of nitrogens with one attached hydrogen (secondary N) is 2. The Labute approximate surface area is 225 Å². The minimum absolute atomic E-state index is 0.0156. The van der Waals surface area contributed by atoms with E-state index in [2.05, 4.69) is 17.6 Å². The van der Waals surface area contributed by atoms with E-state index in [4.69, 9.17) is 0 Å². The fraction of sp³-hybridized carbons (Fsp3) is 0.154. The number of hydrogen-bond donors (Lipinski definition) is 3. The molecule has 210 valence electrons. The van der Waals surface area contributed by atoms with E-state index in [-0.39, 0.29) is 23.1 Å². The van der Waals surface area contributed by atoms with Gasteiger partial charge >= 0.3 is 134 Å². The van der Waals surface area contributed by atoms with Crippen LogP contribution in [-0.2, 0) is 26.9 Å². The molecule has 0 aromatic heterocycles. The quantitative estimate of drug-likeness (QED) is 0.244. The van der Waals surface area contributed by atoms with Gasteiger partial charge in [-0.25, -0.2) is 0 Å². The number of amides is 1. The molecule has 3 aromatic carbocycles. The normalized spacial score (nSPS) is 11.5. The third kappa shape index (κ3) is 7.70. The summed E-state index contributed by atoms with van der Waals surface area (Å²) in [6, 6.07) is 14.0. The molecule has 0 saturated heterocycles. The average Bonchev–Trinajstić information content (AvgIpc) is 2.88. The van der Waals surface area contributed by atoms with Crippen molar-refractivity contribution in [2.24, 2.45) is 0 Å². The van der Waals surface area contributed by atoms with Crippen molar-refractivity contribution in [1.29, 1.82) is 0 Å². The number of hydrogen-bond acceptors (Lipinski definition) is 4. The van der Waals surface area contributed by atoms with Crippen molar-refractivity contribution in [1.82, 2.24) is 5.32 Å². The van der Waals surface area contributed by atoms with E-state index >= 15 is 0 Å². The summed E-state index contributed by atoms with van der Waals surface area (Å²) in [7, 11) is 1.61. The Bertz CT molecular complexity index is 1360. The number of carbonyl (C=O) groups excluding carboxylic acids is 2. The first-order valence-electron chi connectivity index (χ1n) is 10.6. The number of carbonyl (C=O) groups is 1. The Balaban J connectivity index is 0.000000404. The molecule has 3 N–H and O–H groups in total. The smallest absolute Gasteiger partial charge is 0.248 e. The zero-order valence-corrected chi connectivity index (χ0v) is 22.4. The first-order chi connectivity index (χ1) is 18.2. The summed E-state index contributed by atoms with van der Waals surface area (Å²) in [4.78, 5) is 21.2. The molecule has 0 atom stereocenters. The molecule has 0 bridgehead atoms. The van der Waals surface area contributed by atoms with Crippen LogP contribution in [0.3, 0.4) is 0 Å². The van der Waals surface area contributed by atoms with E-state index in [1.54, 1.807) is 23.6 Å². The number of aliphatic hydroxyl groups is 1. The van der Waals surface area contributed by atoms with Crippen LogP contribution < -0.4 is 10.6 Å². The molecule has 0 unspecified atom stereocenters. The van der Waals surface area contributed by atoms with E-state index in [9.17, 15) is 45.4 Å². The van der Waals surface area contributed by atoms with Crippen molar-refractivity contribution in [2.75, 3.05) is 12.4 Å². The number of benzene rings is 3. The maximum absolute atomic E-state index is 14.3. The third-order valence-corrected chi connectivity index (χ3v) is 6.19. The van der Waals surface area contributed by atoms with Crippen LogP contribution >= 0.6 is 0 Å². The second-order valence-electron chi connectivity index (χ2n) is 7.67. The first kappa shape index (κ1) is 31.6. The molecule has 3 aromatic rings. The van der Waals surface area contributed by atoms with Crippen molar-refractivity contribution in [3.63, 3.8) is 0 Å². The Kier molecular flexibility index (Phi) is 10.5. The second-order valence-corrected chi connectivity index (χ2v) is 9.66. The van der Waals surface area contributed by atoms with Gasteiger partial charge in [0.1, 0.15) is 0 Å². The van der Waals surface area contributed by atoms with Gasteiger partial charge in [0, 0.05) is 12.6 Å². The fourth-order valence-electron chi connectivity index (χ4n) is 3.11. The Hall–Kier alpha value is -3.64. The molecular weight excluding hydrogens is 712 g/mol. The summed E-state index contributed by atoms with van der Waals surface area (Å²) in [5, 5.41) is 14.7. The van der Waals surface area contributed by atoms with Crippen LogP contribution in [0.5, 0.6) is 0 Å². The molecule has 39 heavy (non-hydrogen) atoms. The molecule has 1 amide bonds.